The summed E-state index contributed by atoms with van der Waals surface area (Å²) in [5.74, 6) is 1.13. The Morgan fingerprint density at radius 3 is 2.38 bits per heavy atom. The molecule has 128 valence electrons. The van der Waals surface area contributed by atoms with Gasteiger partial charge in [0.1, 0.15) is 17.2 Å². The molecular weight excluding hydrogens is 353 g/mol. The minimum Gasteiger partial charge on any atom is -0.497 e. The number of benzene rings is 2. The first kappa shape index (κ1) is 18.2. The van der Waals surface area contributed by atoms with Gasteiger partial charge in [-0.3, -0.25) is 4.79 Å². The average molecular weight is 370 g/mol. The van der Waals surface area contributed by atoms with Crippen LogP contribution in [-0.4, -0.2) is 26.2 Å². The monoisotopic (exact) mass is 369 g/mol. The van der Waals surface area contributed by atoms with Crippen molar-refractivity contribution in [1.82, 2.24) is 0 Å². The van der Waals surface area contributed by atoms with Crippen molar-refractivity contribution in [1.29, 1.82) is 0 Å². The first-order valence-corrected chi connectivity index (χ1v) is 7.84. The molecule has 24 heavy (non-hydrogen) atoms. The molecule has 0 aromatic heterocycles. The SMILES string of the molecule is COc1ccc(OC)c(NC(=O)[C@@H](C)Oc2ccc(Cl)cc2Cl)c1. The van der Waals surface area contributed by atoms with Crippen molar-refractivity contribution in [2.24, 2.45) is 0 Å². The number of halogens is 2. The Balaban J connectivity index is 2.11. The van der Waals surface area contributed by atoms with Crippen LogP contribution >= 0.6 is 23.2 Å². The Hall–Kier alpha value is -2.11. The van der Waals surface area contributed by atoms with Gasteiger partial charge >= 0.3 is 0 Å². The summed E-state index contributed by atoms with van der Waals surface area (Å²) in [5, 5.41) is 3.57. The molecule has 0 fully saturated rings. The second kappa shape index (κ2) is 8.13. The van der Waals surface area contributed by atoms with E-state index in [0.29, 0.717) is 33.0 Å². The van der Waals surface area contributed by atoms with Crippen LogP contribution in [0, 0.1) is 0 Å². The molecule has 0 aliphatic carbocycles. The average Bonchev–Trinajstić information content (AvgIpc) is 2.57. The van der Waals surface area contributed by atoms with E-state index in [1.54, 1.807) is 50.4 Å². The van der Waals surface area contributed by atoms with E-state index in [0.717, 1.165) is 0 Å². The lowest BCUT2D eigenvalue weighted by Crippen LogP contribution is -2.30. The summed E-state index contributed by atoms with van der Waals surface area (Å²) in [6.45, 7) is 1.62. The molecule has 2 aromatic carbocycles. The largest absolute Gasteiger partial charge is 0.497 e. The normalized spacial score (nSPS) is 11.5. The Morgan fingerprint density at radius 1 is 1.04 bits per heavy atom. The minimum atomic E-state index is -0.778. The third-order valence-corrected chi connectivity index (χ3v) is 3.76. The number of carbonyl (C=O) groups is 1. The van der Waals surface area contributed by atoms with Gasteiger partial charge in [0, 0.05) is 11.1 Å². The Morgan fingerprint density at radius 2 is 1.75 bits per heavy atom. The third-order valence-electron chi connectivity index (χ3n) is 3.23. The molecule has 2 rings (SSSR count). The van der Waals surface area contributed by atoms with Gasteiger partial charge in [-0.1, -0.05) is 23.2 Å². The fraction of sp³-hybridized carbons (Fsp3) is 0.235. The van der Waals surface area contributed by atoms with E-state index in [2.05, 4.69) is 5.32 Å². The fourth-order valence-corrected chi connectivity index (χ4v) is 2.41. The van der Waals surface area contributed by atoms with Crippen molar-refractivity contribution >= 4 is 34.8 Å². The fourth-order valence-electron chi connectivity index (χ4n) is 1.96. The second-order valence-corrected chi connectivity index (χ2v) is 5.73. The smallest absolute Gasteiger partial charge is 0.265 e. The predicted molar refractivity (Wildman–Crippen MR) is 94.7 cm³/mol. The molecule has 0 aliphatic heterocycles. The van der Waals surface area contributed by atoms with Gasteiger partial charge < -0.3 is 19.5 Å². The number of hydrogen-bond acceptors (Lipinski definition) is 4. The van der Waals surface area contributed by atoms with E-state index in [9.17, 15) is 4.79 Å². The molecule has 1 N–H and O–H groups in total. The van der Waals surface area contributed by atoms with Crippen LogP contribution in [0.5, 0.6) is 17.2 Å². The summed E-state index contributed by atoms with van der Waals surface area (Å²) in [7, 11) is 3.06. The van der Waals surface area contributed by atoms with Gasteiger partial charge in [-0.05, 0) is 37.3 Å². The number of hydrogen-bond donors (Lipinski definition) is 1. The van der Waals surface area contributed by atoms with Gasteiger partial charge in [0.25, 0.3) is 5.91 Å². The van der Waals surface area contributed by atoms with Gasteiger partial charge in [0.05, 0.1) is 24.9 Å². The lowest BCUT2D eigenvalue weighted by atomic mass is 10.2. The number of nitrogens with one attached hydrogen (secondary N) is 1. The number of carbonyl (C=O) groups excluding carboxylic acids is 1. The molecule has 0 unspecified atom stereocenters. The minimum absolute atomic E-state index is 0.334. The number of methoxy groups -OCH3 is 2. The van der Waals surface area contributed by atoms with E-state index in [1.807, 2.05) is 0 Å². The van der Waals surface area contributed by atoms with Crippen molar-refractivity contribution in [3.8, 4) is 17.2 Å². The van der Waals surface area contributed by atoms with E-state index in [4.69, 9.17) is 37.4 Å². The van der Waals surface area contributed by atoms with E-state index < -0.39 is 6.10 Å². The zero-order valence-corrected chi connectivity index (χ0v) is 14.9. The van der Waals surface area contributed by atoms with Crippen LogP contribution < -0.4 is 19.5 Å². The predicted octanol–water partition coefficient (Wildman–Crippen LogP) is 4.42. The molecule has 0 aliphatic rings. The van der Waals surface area contributed by atoms with E-state index in [-0.39, 0.29) is 5.91 Å². The summed E-state index contributed by atoms with van der Waals surface area (Å²) in [6, 6.07) is 9.91. The van der Waals surface area contributed by atoms with Crippen molar-refractivity contribution in [2.75, 3.05) is 19.5 Å². The van der Waals surface area contributed by atoms with E-state index in [1.165, 1.54) is 7.11 Å². The zero-order valence-electron chi connectivity index (χ0n) is 13.4. The van der Waals surface area contributed by atoms with Crippen LogP contribution in [0.2, 0.25) is 10.0 Å². The highest BCUT2D eigenvalue weighted by molar-refractivity contribution is 6.35. The van der Waals surface area contributed by atoms with Crippen LogP contribution in [0.25, 0.3) is 0 Å². The maximum atomic E-state index is 12.4. The van der Waals surface area contributed by atoms with Crippen LogP contribution in [-0.2, 0) is 4.79 Å². The van der Waals surface area contributed by atoms with Crippen molar-refractivity contribution in [3.05, 3.63) is 46.4 Å². The standard InChI is InChI=1S/C17H17Cl2NO4/c1-10(24-15-6-4-11(18)8-13(15)19)17(21)20-14-9-12(22-2)5-7-16(14)23-3/h4-10H,1-3H3,(H,20,21)/t10-/m1/s1. The van der Waals surface area contributed by atoms with Crippen molar-refractivity contribution in [3.63, 3.8) is 0 Å². The Kier molecular flexibility index (Phi) is 6.17. The molecule has 0 radical (unpaired) electrons. The molecule has 1 atom stereocenters. The van der Waals surface area contributed by atoms with Gasteiger partial charge in [-0.2, -0.15) is 0 Å². The number of rotatable bonds is 6. The summed E-state index contributed by atoms with van der Waals surface area (Å²) in [4.78, 5) is 12.4. The molecule has 0 saturated heterocycles. The first-order chi connectivity index (χ1) is 11.4. The molecule has 0 saturated carbocycles. The topological polar surface area (TPSA) is 56.8 Å². The lowest BCUT2D eigenvalue weighted by molar-refractivity contribution is -0.122. The van der Waals surface area contributed by atoms with Gasteiger partial charge in [-0.15, -0.1) is 0 Å². The molecule has 0 spiro atoms. The molecule has 2 aromatic rings. The quantitative estimate of drug-likeness (QED) is 0.818. The first-order valence-electron chi connectivity index (χ1n) is 7.09. The zero-order chi connectivity index (χ0) is 17.7. The maximum Gasteiger partial charge on any atom is 0.265 e. The molecule has 0 bridgehead atoms. The summed E-state index contributed by atoms with van der Waals surface area (Å²) < 4.78 is 16.0. The van der Waals surface area contributed by atoms with Crippen LogP contribution in [0.4, 0.5) is 5.69 Å². The molecule has 1 amide bonds. The molecule has 7 heteroatoms. The number of amides is 1. The highest BCUT2D eigenvalue weighted by Crippen LogP contribution is 2.30. The third kappa shape index (κ3) is 4.46. The second-order valence-electron chi connectivity index (χ2n) is 4.89. The maximum absolute atomic E-state index is 12.4. The summed E-state index contributed by atoms with van der Waals surface area (Å²) in [5.41, 5.74) is 0.486. The molecule has 0 heterocycles. The Bertz CT molecular complexity index is 737. The molecular formula is C17H17Cl2NO4. The van der Waals surface area contributed by atoms with Crippen LogP contribution in [0.15, 0.2) is 36.4 Å². The number of ether oxygens (including phenoxy) is 3. The number of anilines is 1. The van der Waals surface area contributed by atoms with Crippen molar-refractivity contribution < 1.29 is 19.0 Å². The van der Waals surface area contributed by atoms with Crippen LogP contribution in [0.1, 0.15) is 6.92 Å². The van der Waals surface area contributed by atoms with Crippen molar-refractivity contribution in [2.45, 2.75) is 13.0 Å². The lowest BCUT2D eigenvalue weighted by Gasteiger charge is -2.17. The van der Waals surface area contributed by atoms with Crippen LogP contribution in [0.3, 0.4) is 0 Å². The highest BCUT2D eigenvalue weighted by atomic mass is 35.5. The Labute approximate surface area is 150 Å². The van der Waals surface area contributed by atoms with Gasteiger partial charge in [0.2, 0.25) is 0 Å². The van der Waals surface area contributed by atoms with Gasteiger partial charge in [0.15, 0.2) is 6.10 Å². The molecule has 5 nitrogen and oxygen atoms in total. The summed E-state index contributed by atoms with van der Waals surface area (Å²) >= 11 is 11.9. The summed E-state index contributed by atoms with van der Waals surface area (Å²) in [6.07, 6.45) is -0.778. The van der Waals surface area contributed by atoms with Gasteiger partial charge in [-0.25, -0.2) is 0 Å². The highest BCUT2D eigenvalue weighted by Gasteiger charge is 2.18. The van der Waals surface area contributed by atoms with E-state index >= 15 is 0 Å².